The van der Waals surface area contributed by atoms with Gasteiger partial charge >= 0.3 is 6.09 Å². The number of nitrogens with two attached hydrogens (primary N) is 1. The van der Waals surface area contributed by atoms with Gasteiger partial charge in [0.15, 0.2) is 10.9 Å². The minimum Gasteiger partial charge on any atom is -0.442 e. The molecule has 1 aliphatic rings. The Bertz CT molecular complexity index is 738. The summed E-state index contributed by atoms with van der Waals surface area (Å²) in [6, 6.07) is 4.39. The number of nitrogens with zero attached hydrogens (tertiary/aromatic N) is 4. The molecule has 1 aromatic heterocycles. The van der Waals surface area contributed by atoms with Gasteiger partial charge in [-0.3, -0.25) is 4.90 Å². The number of amides is 1. The maximum atomic E-state index is 14.2. The zero-order chi connectivity index (χ0) is 16.4. The average Bonchev–Trinajstić information content (AvgIpc) is 3.14. The van der Waals surface area contributed by atoms with Crippen molar-refractivity contribution < 1.29 is 13.9 Å². The average molecular weight is 336 g/mol. The number of ether oxygens (including phenoxy) is 1. The number of halogens is 1. The lowest BCUT2D eigenvalue weighted by atomic mass is 10.2. The van der Waals surface area contributed by atoms with E-state index in [1.54, 1.807) is 6.07 Å². The molecule has 0 saturated carbocycles. The van der Waals surface area contributed by atoms with Crippen LogP contribution in [0.5, 0.6) is 0 Å². The van der Waals surface area contributed by atoms with E-state index >= 15 is 0 Å². The zero-order valence-corrected chi connectivity index (χ0v) is 12.7. The largest absolute Gasteiger partial charge is 0.442 e. The molecule has 1 amide bonds. The number of aromatic nitrogens is 3. The number of hydrogen-bond acceptors (Lipinski definition) is 5. The van der Waals surface area contributed by atoms with Gasteiger partial charge in [0.25, 0.3) is 0 Å². The molecule has 0 aliphatic carbocycles. The van der Waals surface area contributed by atoms with Crippen molar-refractivity contribution in [3.63, 3.8) is 0 Å². The highest BCUT2D eigenvalue weighted by Gasteiger charge is 2.32. The molecule has 10 heteroatoms. The molecule has 0 bridgehead atoms. The Hall–Kier alpha value is -2.75. The molecular weight excluding hydrogens is 323 g/mol. The summed E-state index contributed by atoms with van der Waals surface area (Å²) in [5.41, 5.74) is 5.98. The third-order valence-electron chi connectivity index (χ3n) is 3.29. The molecule has 1 aliphatic heterocycles. The van der Waals surface area contributed by atoms with Gasteiger partial charge in [-0.15, -0.1) is 0 Å². The van der Waals surface area contributed by atoms with Crippen LogP contribution in [0.3, 0.4) is 0 Å². The molecule has 1 aromatic carbocycles. The van der Waals surface area contributed by atoms with Gasteiger partial charge in [0.05, 0.1) is 18.8 Å². The molecule has 3 rings (SSSR count). The van der Waals surface area contributed by atoms with Crippen molar-refractivity contribution in [1.29, 1.82) is 0 Å². The van der Waals surface area contributed by atoms with Crippen LogP contribution in [-0.4, -0.2) is 45.2 Å². The molecule has 23 heavy (non-hydrogen) atoms. The lowest BCUT2D eigenvalue weighted by Gasteiger charge is -2.14. The number of thiocarbonyl (C=S) groups is 1. The highest BCUT2D eigenvalue weighted by atomic mass is 32.1. The van der Waals surface area contributed by atoms with E-state index in [4.69, 9.17) is 22.7 Å². The molecule has 1 saturated heterocycles. The van der Waals surface area contributed by atoms with Crippen molar-refractivity contribution in [1.82, 2.24) is 20.1 Å². The molecule has 0 unspecified atom stereocenters. The summed E-state index contributed by atoms with van der Waals surface area (Å²) in [4.78, 5) is 17.0. The Kier molecular flexibility index (Phi) is 4.06. The van der Waals surface area contributed by atoms with Crippen molar-refractivity contribution in [2.45, 2.75) is 6.10 Å². The SMILES string of the molecule is NC(=S)NC[C@H]1CN(c2ccc(-n3cncn3)c(F)c2)C(=O)O1. The first-order valence-corrected chi connectivity index (χ1v) is 7.11. The third-order valence-corrected chi connectivity index (χ3v) is 3.43. The lowest BCUT2D eigenvalue weighted by Crippen LogP contribution is -2.37. The molecule has 8 nitrogen and oxygen atoms in total. The summed E-state index contributed by atoms with van der Waals surface area (Å²) in [5.74, 6) is -0.523. The second-order valence-electron chi connectivity index (χ2n) is 4.84. The first kappa shape index (κ1) is 15.2. The first-order valence-electron chi connectivity index (χ1n) is 6.70. The number of anilines is 1. The number of nitrogens with one attached hydrogen (secondary N) is 1. The summed E-state index contributed by atoms with van der Waals surface area (Å²) in [6.07, 6.45) is 1.74. The second-order valence-corrected chi connectivity index (χ2v) is 5.28. The van der Waals surface area contributed by atoms with E-state index < -0.39 is 18.0 Å². The molecule has 0 spiro atoms. The lowest BCUT2D eigenvalue weighted by molar-refractivity contribution is 0.143. The van der Waals surface area contributed by atoms with E-state index in [2.05, 4.69) is 15.4 Å². The van der Waals surface area contributed by atoms with Crippen LogP contribution >= 0.6 is 12.2 Å². The zero-order valence-electron chi connectivity index (χ0n) is 11.8. The summed E-state index contributed by atoms with van der Waals surface area (Å²) >= 11 is 4.70. The minimum atomic E-state index is -0.548. The van der Waals surface area contributed by atoms with Gasteiger partial charge in [0.1, 0.15) is 24.4 Å². The summed E-state index contributed by atoms with van der Waals surface area (Å²) < 4.78 is 20.7. The third kappa shape index (κ3) is 3.21. The molecule has 1 atom stereocenters. The van der Waals surface area contributed by atoms with Crippen LogP contribution in [0.1, 0.15) is 0 Å². The standard InChI is InChI=1S/C13H13FN6O2S/c14-10-3-8(1-2-11(10)20-7-16-6-18-20)19-5-9(22-13(19)21)4-17-12(15)23/h1-3,6-7,9H,4-5H2,(H3,15,17,23)/t9-/m0/s1. The monoisotopic (exact) mass is 336 g/mol. The van der Waals surface area contributed by atoms with E-state index in [0.29, 0.717) is 12.2 Å². The van der Waals surface area contributed by atoms with Gasteiger partial charge in [-0.1, -0.05) is 0 Å². The Morgan fingerprint density at radius 2 is 2.39 bits per heavy atom. The van der Waals surface area contributed by atoms with Gasteiger partial charge < -0.3 is 15.8 Å². The van der Waals surface area contributed by atoms with Crippen LogP contribution in [0.15, 0.2) is 30.9 Å². The van der Waals surface area contributed by atoms with Gasteiger partial charge in [0, 0.05) is 0 Å². The van der Waals surface area contributed by atoms with Crippen LogP contribution in [0.2, 0.25) is 0 Å². The van der Waals surface area contributed by atoms with Gasteiger partial charge in [-0.2, -0.15) is 5.10 Å². The normalized spacial score (nSPS) is 17.2. The fraction of sp³-hybridized carbons (Fsp3) is 0.231. The Labute approximate surface area is 136 Å². The van der Waals surface area contributed by atoms with Crippen molar-refractivity contribution in [3.05, 3.63) is 36.7 Å². The topological polar surface area (TPSA) is 98.3 Å². The summed E-state index contributed by atoms with van der Waals surface area (Å²) in [6.45, 7) is 0.577. The summed E-state index contributed by atoms with van der Waals surface area (Å²) in [7, 11) is 0. The number of carbonyl (C=O) groups is 1. The first-order chi connectivity index (χ1) is 11.0. The van der Waals surface area contributed by atoms with Crippen molar-refractivity contribution in [2.75, 3.05) is 18.0 Å². The number of rotatable bonds is 4. The fourth-order valence-electron chi connectivity index (χ4n) is 2.24. The highest BCUT2D eigenvalue weighted by molar-refractivity contribution is 7.80. The Morgan fingerprint density at radius 1 is 1.57 bits per heavy atom. The predicted octanol–water partition coefficient (Wildman–Crippen LogP) is 0.565. The van der Waals surface area contributed by atoms with E-state index in [9.17, 15) is 9.18 Å². The van der Waals surface area contributed by atoms with Crippen LogP contribution in [0.4, 0.5) is 14.9 Å². The van der Waals surface area contributed by atoms with E-state index in [0.717, 1.165) is 0 Å². The minimum absolute atomic E-state index is 0.128. The van der Waals surface area contributed by atoms with Crippen LogP contribution in [0, 0.1) is 5.82 Å². The van der Waals surface area contributed by atoms with Gasteiger partial charge in [-0.25, -0.2) is 18.9 Å². The van der Waals surface area contributed by atoms with E-state index in [-0.39, 0.29) is 17.3 Å². The Balaban J connectivity index is 1.76. The summed E-state index contributed by atoms with van der Waals surface area (Å²) in [5, 5.41) is 6.73. The quantitative estimate of drug-likeness (QED) is 0.787. The predicted molar refractivity (Wildman–Crippen MR) is 83.7 cm³/mol. The molecular formula is C13H13FN6O2S. The van der Waals surface area contributed by atoms with Crippen molar-refractivity contribution in [3.8, 4) is 5.69 Å². The van der Waals surface area contributed by atoms with Gasteiger partial charge in [0.2, 0.25) is 0 Å². The van der Waals surface area contributed by atoms with Crippen LogP contribution in [-0.2, 0) is 4.74 Å². The second kappa shape index (κ2) is 6.16. The van der Waals surface area contributed by atoms with Crippen LogP contribution in [0.25, 0.3) is 5.69 Å². The number of cyclic esters (lactones) is 1. The van der Waals surface area contributed by atoms with E-state index in [1.165, 1.54) is 34.4 Å². The van der Waals surface area contributed by atoms with Crippen molar-refractivity contribution >= 4 is 29.1 Å². The van der Waals surface area contributed by atoms with Crippen LogP contribution < -0.4 is 16.0 Å². The molecule has 2 aromatic rings. The van der Waals surface area contributed by atoms with E-state index in [1.807, 2.05) is 0 Å². The van der Waals surface area contributed by atoms with Crippen molar-refractivity contribution in [2.24, 2.45) is 5.73 Å². The maximum absolute atomic E-state index is 14.2. The molecule has 0 radical (unpaired) electrons. The maximum Gasteiger partial charge on any atom is 0.414 e. The molecule has 3 N–H and O–H groups in total. The highest BCUT2D eigenvalue weighted by Crippen LogP contribution is 2.25. The fourth-order valence-corrected chi connectivity index (χ4v) is 2.32. The number of benzene rings is 1. The van der Waals surface area contributed by atoms with Gasteiger partial charge in [-0.05, 0) is 30.4 Å². The smallest absolute Gasteiger partial charge is 0.414 e. The number of carbonyl (C=O) groups excluding carboxylic acids is 1. The number of hydrogen-bond donors (Lipinski definition) is 2. The molecule has 120 valence electrons. The molecule has 2 heterocycles. The Morgan fingerprint density at radius 3 is 3.04 bits per heavy atom. The molecule has 1 fully saturated rings.